The lowest BCUT2D eigenvalue weighted by molar-refractivity contribution is 0.318. The van der Waals surface area contributed by atoms with E-state index in [1.807, 2.05) is 24.6 Å². The van der Waals surface area contributed by atoms with E-state index in [0.717, 1.165) is 23.5 Å². The summed E-state index contributed by atoms with van der Waals surface area (Å²) < 4.78 is 7.07. The molecule has 1 heterocycles. The standard InChI is InChI=1S/C15H20N4O2/c1-5-12-9(2)17-19(10(12)3)14-8-11(21-4)6-7-13(14)15(16)18-20/h6-8,20H,5H2,1-4H3,(H2,16,18). The van der Waals surface area contributed by atoms with Crippen LogP contribution in [0.5, 0.6) is 5.75 Å². The van der Waals surface area contributed by atoms with E-state index < -0.39 is 0 Å². The number of rotatable bonds is 4. The van der Waals surface area contributed by atoms with Gasteiger partial charge >= 0.3 is 0 Å². The fraction of sp³-hybridized carbons (Fsp3) is 0.333. The maximum atomic E-state index is 8.96. The Hall–Kier alpha value is -2.50. The number of amidine groups is 1. The molecule has 0 atom stereocenters. The summed E-state index contributed by atoms with van der Waals surface area (Å²) in [6.45, 7) is 6.08. The molecule has 112 valence electrons. The topological polar surface area (TPSA) is 85.7 Å². The number of aromatic nitrogens is 2. The van der Waals surface area contributed by atoms with Crippen molar-refractivity contribution in [3.63, 3.8) is 0 Å². The highest BCUT2D eigenvalue weighted by atomic mass is 16.5. The van der Waals surface area contributed by atoms with Gasteiger partial charge in [0.2, 0.25) is 0 Å². The fourth-order valence-corrected chi connectivity index (χ4v) is 2.51. The largest absolute Gasteiger partial charge is 0.497 e. The Kier molecular flexibility index (Phi) is 4.16. The van der Waals surface area contributed by atoms with Gasteiger partial charge in [-0.05, 0) is 38.0 Å². The van der Waals surface area contributed by atoms with Crippen molar-refractivity contribution in [1.29, 1.82) is 0 Å². The van der Waals surface area contributed by atoms with Crippen LogP contribution in [0.1, 0.15) is 29.4 Å². The van der Waals surface area contributed by atoms with Gasteiger partial charge in [-0.15, -0.1) is 0 Å². The van der Waals surface area contributed by atoms with Crippen LogP contribution in [0.15, 0.2) is 23.4 Å². The number of aryl methyl sites for hydroxylation is 1. The molecule has 0 saturated carbocycles. The highest BCUT2D eigenvalue weighted by molar-refractivity contribution is 6.00. The minimum atomic E-state index is 0.0401. The number of hydrogen-bond acceptors (Lipinski definition) is 4. The predicted octanol–water partition coefficient (Wildman–Crippen LogP) is 2.15. The molecule has 21 heavy (non-hydrogen) atoms. The van der Waals surface area contributed by atoms with E-state index in [1.165, 1.54) is 5.56 Å². The van der Waals surface area contributed by atoms with Crippen LogP contribution in [-0.4, -0.2) is 27.9 Å². The predicted molar refractivity (Wildman–Crippen MR) is 81.5 cm³/mol. The van der Waals surface area contributed by atoms with Crippen LogP contribution in [0, 0.1) is 13.8 Å². The van der Waals surface area contributed by atoms with Gasteiger partial charge in [0.25, 0.3) is 0 Å². The van der Waals surface area contributed by atoms with Crippen LogP contribution in [-0.2, 0) is 6.42 Å². The Balaban J connectivity index is 2.72. The maximum Gasteiger partial charge on any atom is 0.172 e. The first-order valence-electron chi connectivity index (χ1n) is 6.74. The third kappa shape index (κ3) is 2.56. The molecule has 0 spiro atoms. The molecule has 6 nitrogen and oxygen atoms in total. The van der Waals surface area contributed by atoms with Gasteiger partial charge in [0.1, 0.15) is 5.75 Å². The van der Waals surface area contributed by atoms with Gasteiger partial charge in [-0.3, -0.25) is 0 Å². The quantitative estimate of drug-likeness (QED) is 0.391. The molecule has 0 aliphatic carbocycles. The fourth-order valence-electron chi connectivity index (χ4n) is 2.51. The van der Waals surface area contributed by atoms with E-state index in [1.54, 1.807) is 19.2 Å². The molecule has 0 aliphatic heterocycles. The van der Waals surface area contributed by atoms with Crippen molar-refractivity contribution < 1.29 is 9.94 Å². The van der Waals surface area contributed by atoms with Gasteiger partial charge in [0, 0.05) is 17.3 Å². The molecule has 0 radical (unpaired) electrons. The lowest BCUT2D eigenvalue weighted by Gasteiger charge is -2.12. The summed E-state index contributed by atoms with van der Waals surface area (Å²) in [6, 6.07) is 5.35. The Morgan fingerprint density at radius 1 is 1.43 bits per heavy atom. The number of benzene rings is 1. The molecular weight excluding hydrogens is 268 g/mol. The summed E-state index contributed by atoms with van der Waals surface area (Å²) in [5, 5.41) is 16.6. The molecule has 6 heteroatoms. The summed E-state index contributed by atoms with van der Waals surface area (Å²) in [5.74, 6) is 0.725. The minimum Gasteiger partial charge on any atom is -0.497 e. The van der Waals surface area contributed by atoms with Crippen LogP contribution < -0.4 is 10.5 Å². The molecular formula is C15H20N4O2. The zero-order valence-electron chi connectivity index (χ0n) is 12.7. The first-order chi connectivity index (χ1) is 10.0. The number of oxime groups is 1. The Morgan fingerprint density at radius 3 is 2.67 bits per heavy atom. The van der Waals surface area contributed by atoms with Gasteiger partial charge in [0.15, 0.2) is 5.84 Å². The molecule has 0 fully saturated rings. The second-order valence-electron chi connectivity index (χ2n) is 4.78. The molecule has 2 aromatic rings. The molecule has 0 amide bonds. The summed E-state index contributed by atoms with van der Waals surface area (Å²) in [7, 11) is 1.60. The maximum absolute atomic E-state index is 8.96. The smallest absolute Gasteiger partial charge is 0.172 e. The number of nitrogens with zero attached hydrogens (tertiary/aromatic N) is 3. The van der Waals surface area contributed by atoms with Crippen LogP contribution in [0.3, 0.4) is 0 Å². The second-order valence-corrected chi connectivity index (χ2v) is 4.78. The number of hydrogen-bond donors (Lipinski definition) is 2. The first kappa shape index (κ1) is 14.9. The number of ether oxygens (including phenoxy) is 1. The average Bonchev–Trinajstić information content (AvgIpc) is 2.79. The van der Waals surface area contributed by atoms with Crippen molar-refractivity contribution in [3.05, 3.63) is 40.7 Å². The van der Waals surface area contributed by atoms with E-state index in [0.29, 0.717) is 11.3 Å². The Morgan fingerprint density at radius 2 is 2.14 bits per heavy atom. The average molecular weight is 288 g/mol. The highest BCUT2D eigenvalue weighted by Gasteiger charge is 2.16. The Bertz CT molecular complexity index is 689. The molecule has 1 aromatic carbocycles. The van der Waals surface area contributed by atoms with E-state index in [9.17, 15) is 0 Å². The second kappa shape index (κ2) is 5.87. The van der Waals surface area contributed by atoms with Gasteiger partial charge < -0.3 is 15.7 Å². The normalized spacial score (nSPS) is 11.7. The third-order valence-corrected chi connectivity index (χ3v) is 3.61. The van der Waals surface area contributed by atoms with Crippen molar-refractivity contribution in [1.82, 2.24) is 9.78 Å². The third-order valence-electron chi connectivity index (χ3n) is 3.61. The van der Waals surface area contributed by atoms with E-state index in [2.05, 4.69) is 17.2 Å². The van der Waals surface area contributed by atoms with Crippen LogP contribution in [0.4, 0.5) is 0 Å². The lowest BCUT2D eigenvalue weighted by Crippen LogP contribution is -2.17. The molecule has 0 aliphatic rings. The summed E-state index contributed by atoms with van der Waals surface area (Å²) in [4.78, 5) is 0. The van der Waals surface area contributed by atoms with Crippen molar-refractivity contribution in [3.8, 4) is 11.4 Å². The molecule has 0 unspecified atom stereocenters. The summed E-state index contributed by atoms with van der Waals surface area (Å²) in [6.07, 6.45) is 0.903. The van der Waals surface area contributed by atoms with Crippen LogP contribution >= 0.6 is 0 Å². The van der Waals surface area contributed by atoms with Crippen LogP contribution in [0.25, 0.3) is 5.69 Å². The molecule has 0 bridgehead atoms. The summed E-state index contributed by atoms with van der Waals surface area (Å²) in [5.41, 5.74) is 10.3. The van der Waals surface area contributed by atoms with Gasteiger partial charge in [-0.25, -0.2) is 4.68 Å². The van der Waals surface area contributed by atoms with Crippen molar-refractivity contribution in [2.45, 2.75) is 27.2 Å². The van der Waals surface area contributed by atoms with Crippen molar-refractivity contribution in [2.24, 2.45) is 10.9 Å². The Labute approximate surface area is 123 Å². The molecule has 1 aromatic heterocycles. The zero-order chi connectivity index (χ0) is 15.6. The molecule has 0 saturated heterocycles. The summed E-state index contributed by atoms with van der Waals surface area (Å²) >= 11 is 0. The molecule has 2 rings (SSSR count). The van der Waals surface area contributed by atoms with E-state index >= 15 is 0 Å². The van der Waals surface area contributed by atoms with E-state index in [-0.39, 0.29) is 5.84 Å². The monoisotopic (exact) mass is 288 g/mol. The zero-order valence-corrected chi connectivity index (χ0v) is 12.7. The molecule has 3 N–H and O–H groups in total. The SMILES string of the molecule is CCc1c(C)nn(-c2cc(OC)ccc2/C(N)=N/O)c1C. The highest BCUT2D eigenvalue weighted by Crippen LogP contribution is 2.25. The minimum absolute atomic E-state index is 0.0401. The van der Waals surface area contributed by atoms with Crippen molar-refractivity contribution in [2.75, 3.05) is 7.11 Å². The number of nitrogens with two attached hydrogens (primary N) is 1. The van der Waals surface area contributed by atoms with Gasteiger partial charge in [0.05, 0.1) is 18.5 Å². The number of methoxy groups -OCH3 is 1. The first-order valence-corrected chi connectivity index (χ1v) is 6.74. The van der Waals surface area contributed by atoms with Gasteiger partial charge in [-0.2, -0.15) is 5.10 Å². The van der Waals surface area contributed by atoms with Crippen LogP contribution in [0.2, 0.25) is 0 Å². The van der Waals surface area contributed by atoms with Crippen molar-refractivity contribution >= 4 is 5.84 Å². The van der Waals surface area contributed by atoms with E-state index in [4.69, 9.17) is 15.7 Å². The lowest BCUT2D eigenvalue weighted by atomic mass is 10.1. The van der Waals surface area contributed by atoms with Gasteiger partial charge in [-0.1, -0.05) is 12.1 Å².